The number of β-amino-alcohol motifs (C(OH)–C–C–N with tert-alkyl or cyclic N) is 1. The van der Waals surface area contributed by atoms with Crippen LogP contribution in [0.4, 0.5) is 0 Å². The molecule has 0 aliphatic carbocycles. The van der Waals surface area contributed by atoms with Gasteiger partial charge in [0, 0.05) is 24.2 Å². The first-order valence-electron chi connectivity index (χ1n) is 4.84. The summed E-state index contributed by atoms with van der Waals surface area (Å²) in [5.41, 5.74) is 1.25. The molecule has 0 amide bonds. The monoisotopic (exact) mass is 211 g/mol. The van der Waals surface area contributed by atoms with E-state index in [-0.39, 0.29) is 6.10 Å². The quantitative estimate of drug-likeness (QED) is 0.810. The van der Waals surface area contributed by atoms with Crippen molar-refractivity contribution < 1.29 is 5.11 Å². The minimum absolute atomic E-state index is 0.134. The minimum atomic E-state index is -0.134. The summed E-state index contributed by atoms with van der Waals surface area (Å²) >= 11 is 5.81. The van der Waals surface area contributed by atoms with Gasteiger partial charge in [-0.2, -0.15) is 0 Å². The van der Waals surface area contributed by atoms with E-state index in [0.717, 1.165) is 18.1 Å². The fourth-order valence-electron chi connectivity index (χ4n) is 1.76. The molecule has 14 heavy (non-hydrogen) atoms. The van der Waals surface area contributed by atoms with Crippen molar-refractivity contribution in [3.63, 3.8) is 0 Å². The van der Waals surface area contributed by atoms with E-state index in [1.54, 1.807) is 0 Å². The lowest BCUT2D eigenvalue weighted by Crippen LogP contribution is -2.51. The second kappa shape index (κ2) is 3.89. The molecule has 0 bridgehead atoms. The highest BCUT2D eigenvalue weighted by Gasteiger charge is 2.28. The van der Waals surface area contributed by atoms with Crippen LogP contribution in [0.1, 0.15) is 18.5 Å². The molecule has 0 spiro atoms. The number of nitrogens with zero attached hydrogens (tertiary/aromatic N) is 1. The van der Waals surface area contributed by atoms with E-state index in [2.05, 4.69) is 11.8 Å². The molecule has 1 atom stereocenters. The number of benzene rings is 1. The Morgan fingerprint density at radius 3 is 2.43 bits per heavy atom. The molecule has 1 N–H and O–H groups in total. The predicted octanol–water partition coefficient (Wildman–Crippen LogP) is 2.08. The summed E-state index contributed by atoms with van der Waals surface area (Å²) in [6.07, 6.45) is -0.134. The van der Waals surface area contributed by atoms with E-state index in [1.807, 2.05) is 24.3 Å². The third-order valence-corrected chi connectivity index (χ3v) is 3.04. The van der Waals surface area contributed by atoms with Crippen LogP contribution in [0.25, 0.3) is 0 Å². The Hall–Kier alpha value is -0.570. The average molecular weight is 212 g/mol. The van der Waals surface area contributed by atoms with Gasteiger partial charge >= 0.3 is 0 Å². The van der Waals surface area contributed by atoms with Crippen molar-refractivity contribution >= 4 is 11.6 Å². The van der Waals surface area contributed by atoms with Crippen LogP contribution in [-0.4, -0.2) is 29.2 Å². The van der Waals surface area contributed by atoms with E-state index in [0.29, 0.717) is 6.04 Å². The second-order valence-electron chi connectivity index (χ2n) is 3.84. The Morgan fingerprint density at radius 2 is 1.93 bits per heavy atom. The van der Waals surface area contributed by atoms with Gasteiger partial charge in [-0.3, -0.25) is 4.90 Å². The van der Waals surface area contributed by atoms with Crippen molar-refractivity contribution in [3.05, 3.63) is 34.9 Å². The lowest BCUT2D eigenvalue weighted by molar-refractivity contribution is -0.0211. The van der Waals surface area contributed by atoms with Gasteiger partial charge in [0.2, 0.25) is 0 Å². The lowest BCUT2D eigenvalue weighted by atomic mass is 10.0. The fourth-order valence-corrected chi connectivity index (χ4v) is 1.88. The van der Waals surface area contributed by atoms with Gasteiger partial charge in [-0.1, -0.05) is 23.7 Å². The number of hydrogen-bond acceptors (Lipinski definition) is 2. The van der Waals surface area contributed by atoms with Crippen molar-refractivity contribution in [1.29, 1.82) is 0 Å². The number of halogens is 1. The Labute approximate surface area is 89.1 Å². The van der Waals surface area contributed by atoms with Crippen LogP contribution in [0.3, 0.4) is 0 Å². The molecule has 1 aliphatic rings. The molecule has 2 nitrogen and oxygen atoms in total. The van der Waals surface area contributed by atoms with E-state index in [9.17, 15) is 5.11 Å². The maximum atomic E-state index is 9.20. The fraction of sp³-hybridized carbons (Fsp3) is 0.455. The Bertz CT molecular complexity index is 306. The number of aliphatic hydroxyl groups excluding tert-OH is 1. The molecule has 0 saturated carbocycles. The van der Waals surface area contributed by atoms with Gasteiger partial charge in [-0.05, 0) is 24.6 Å². The molecular weight excluding hydrogens is 198 g/mol. The number of rotatable bonds is 2. The zero-order valence-corrected chi connectivity index (χ0v) is 8.91. The molecule has 2 rings (SSSR count). The van der Waals surface area contributed by atoms with Crippen molar-refractivity contribution in [3.8, 4) is 0 Å². The Kier molecular flexibility index (Phi) is 2.77. The first kappa shape index (κ1) is 9.97. The zero-order chi connectivity index (χ0) is 10.1. The number of aliphatic hydroxyl groups is 1. The van der Waals surface area contributed by atoms with Crippen LogP contribution in [0.5, 0.6) is 0 Å². The second-order valence-corrected chi connectivity index (χ2v) is 4.27. The van der Waals surface area contributed by atoms with E-state index < -0.39 is 0 Å². The normalized spacial score (nSPS) is 20.5. The van der Waals surface area contributed by atoms with Crippen LogP contribution in [-0.2, 0) is 0 Å². The topological polar surface area (TPSA) is 23.5 Å². The summed E-state index contributed by atoms with van der Waals surface area (Å²) in [5, 5.41) is 9.96. The molecule has 3 heteroatoms. The highest BCUT2D eigenvalue weighted by atomic mass is 35.5. The van der Waals surface area contributed by atoms with Crippen molar-refractivity contribution in [2.24, 2.45) is 0 Å². The van der Waals surface area contributed by atoms with Gasteiger partial charge in [0.15, 0.2) is 0 Å². The summed E-state index contributed by atoms with van der Waals surface area (Å²) in [7, 11) is 0. The first-order chi connectivity index (χ1) is 6.66. The van der Waals surface area contributed by atoms with Gasteiger partial charge < -0.3 is 5.11 Å². The minimum Gasteiger partial charge on any atom is -0.390 e. The van der Waals surface area contributed by atoms with E-state index >= 15 is 0 Å². The van der Waals surface area contributed by atoms with Crippen LogP contribution in [0.15, 0.2) is 24.3 Å². The SMILES string of the molecule is CC(c1ccc(Cl)cc1)N1CC(O)C1. The van der Waals surface area contributed by atoms with Crippen LogP contribution >= 0.6 is 11.6 Å². The molecule has 1 aliphatic heterocycles. The first-order valence-corrected chi connectivity index (χ1v) is 5.22. The molecule has 1 heterocycles. The van der Waals surface area contributed by atoms with Gasteiger partial charge in [0.05, 0.1) is 6.10 Å². The molecule has 0 aromatic heterocycles. The molecule has 1 aromatic carbocycles. The smallest absolute Gasteiger partial charge is 0.0794 e. The summed E-state index contributed by atoms with van der Waals surface area (Å²) in [6.45, 7) is 3.71. The summed E-state index contributed by atoms with van der Waals surface area (Å²) < 4.78 is 0. The maximum Gasteiger partial charge on any atom is 0.0794 e. The molecule has 1 unspecified atom stereocenters. The predicted molar refractivity (Wildman–Crippen MR) is 57.4 cm³/mol. The largest absolute Gasteiger partial charge is 0.390 e. The Balaban J connectivity index is 2.04. The van der Waals surface area contributed by atoms with Gasteiger partial charge in [-0.25, -0.2) is 0 Å². The van der Waals surface area contributed by atoms with Gasteiger partial charge in [0.1, 0.15) is 0 Å². The lowest BCUT2D eigenvalue weighted by Gasteiger charge is -2.40. The molecule has 76 valence electrons. The zero-order valence-electron chi connectivity index (χ0n) is 8.15. The number of likely N-dealkylation sites (tertiary alicyclic amines) is 1. The third kappa shape index (κ3) is 1.92. The van der Waals surface area contributed by atoms with Gasteiger partial charge in [0.25, 0.3) is 0 Å². The average Bonchev–Trinajstić information content (AvgIpc) is 2.13. The third-order valence-electron chi connectivity index (χ3n) is 2.79. The van der Waals surface area contributed by atoms with Crippen molar-refractivity contribution in [2.75, 3.05) is 13.1 Å². The molecular formula is C11H14ClNO. The van der Waals surface area contributed by atoms with E-state index in [1.165, 1.54) is 5.56 Å². The van der Waals surface area contributed by atoms with Crippen LogP contribution in [0, 0.1) is 0 Å². The van der Waals surface area contributed by atoms with Gasteiger partial charge in [-0.15, -0.1) is 0 Å². The van der Waals surface area contributed by atoms with E-state index in [4.69, 9.17) is 11.6 Å². The molecule has 1 fully saturated rings. The van der Waals surface area contributed by atoms with Crippen molar-refractivity contribution in [2.45, 2.75) is 19.1 Å². The molecule has 1 aromatic rings. The molecule has 1 saturated heterocycles. The van der Waals surface area contributed by atoms with Crippen LogP contribution in [0.2, 0.25) is 5.02 Å². The summed E-state index contributed by atoms with van der Waals surface area (Å²) in [5.74, 6) is 0. The maximum absolute atomic E-state index is 9.20. The Morgan fingerprint density at radius 1 is 1.36 bits per heavy atom. The molecule has 0 radical (unpaired) electrons. The highest BCUT2D eigenvalue weighted by Crippen LogP contribution is 2.25. The summed E-state index contributed by atoms with van der Waals surface area (Å²) in [4.78, 5) is 2.24. The highest BCUT2D eigenvalue weighted by molar-refractivity contribution is 6.30. The number of hydrogen-bond donors (Lipinski definition) is 1. The van der Waals surface area contributed by atoms with Crippen molar-refractivity contribution in [1.82, 2.24) is 4.90 Å². The standard InChI is InChI=1S/C11H14ClNO/c1-8(13-6-11(14)7-13)9-2-4-10(12)5-3-9/h2-5,8,11,14H,6-7H2,1H3. The van der Waals surface area contributed by atoms with Crippen LogP contribution < -0.4 is 0 Å². The summed E-state index contributed by atoms with van der Waals surface area (Å²) in [6, 6.07) is 8.26.